The molecule has 112 valence electrons. The van der Waals surface area contributed by atoms with Crippen LogP contribution in [0.4, 0.5) is 4.39 Å². The normalized spacial score (nSPS) is 12.6. The van der Waals surface area contributed by atoms with Gasteiger partial charge >= 0.3 is 0 Å². The highest BCUT2D eigenvalue weighted by Crippen LogP contribution is 2.18. The molecule has 21 heavy (non-hydrogen) atoms. The van der Waals surface area contributed by atoms with Gasteiger partial charge in [-0.3, -0.25) is 0 Å². The number of nitrogens with one attached hydrogen (secondary N) is 1. The molecule has 0 saturated carbocycles. The van der Waals surface area contributed by atoms with Crippen molar-refractivity contribution in [3.05, 3.63) is 70.5 Å². The van der Waals surface area contributed by atoms with Gasteiger partial charge in [0.05, 0.1) is 5.02 Å². The third kappa shape index (κ3) is 4.53. The molecule has 0 aliphatic carbocycles. The van der Waals surface area contributed by atoms with Crippen LogP contribution in [0.2, 0.25) is 5.02 Å². The van der Waals surface area contributed by atoms with Gasteiger partial charge in [0.15, 0.2) is 0 Å². The van der Waals surface area contributed by atoms with E-state index in [-0.39, 0.29) is 16.9 Å². The van der Waals surface area contributed by atoms with Crippen molar-refractivity contribution in [2.75, 3.05) is 20.6 Å². The van der Waals surface area contributed by atoms with Crippen molar-refractivity contribution >= 4 is 11.6 Å². The largest absolute Gasteiger partial charge is 0.311 e. The number of halogens is 2. The number of rotatable bonds is 6. The fraction of sp³-hybridized carbons (Fsp3) is 0.294. The minimum absolute atomic E-state index is 0.161. The first kappa shape index (κ1) is 16.0. The Bertz CT molecular complexity index is 572. The Hall–Kier alpha value is -1.42. The van der Waals surface area contributed by atoms with E-state index in [1.165, 1.54) is 11.6 Å². The maximum Gasteiger partial charge on any atom is 0.142 e. The summed E-state index contributed by atoms with van der Waals surface area (Å²) in [7, 11) is 4.11. The van der Waals surface area contributed by atoms with Gasteiger partial charge in [0.25, 0.3) is 0 Å². The van der Waals surface area contributed by atoms with E-state index >= 15 is 0 Å². The molecule has 0 radical (unpaired) electrons. The van der Waals surface area contributed by atoms with Crippen molar-refractivity contribution in [1.29, 1.82) is 0 Å². The molecule has 0 aromatic heterocycles. The van der Waals surface area contributed by atoms with Crippen LogP contribution < -0.4 is 5.32 Å². The van der Waals surface area contributed by atoms with Crippen molar-refractivity contribution in [2.24, 2.45) is 0 Å². The van der Waals surface area contributed by atoms with E-state index in [1.54, 1.807) is 6.07 Å². The first-order valence-electron chi connectivity index (χ1n) is 6.94. The van der Waals surface area contributed by atoms with Crippen LogP contribution in [0, 0.1) is 5.82 Å². The summed E-state index contributed by atoms with van der Waals surface area (Å²) in [6, 6.07) is 15.5. The van der Waals surface area contributed by atoms with Gasteiger partial charge in [0.1, 0.15) is 5.82 Å². The number of benzene rings is 2. The highest BCUT2D eigenvalue weighted by atomic mass is 35.5. The Morgan fingerprint density at radius 2 is 1.86 bits per heavy atom. The van der Waals surface area contributed by atoms with Crippen molar-refractivity contribution in [3.63, 3.8) is 0 Å². The predicted molar refractivity (Wildman–Crippen MR) is 86.0 cm³/mol. The summed E-state index contributed by atoms with van der Waals surface area (Å²) in [5.41, 5.74) is 2.15. The van der Waals surface area contributed by atoms with Crippen LogP contribution in [0.5, 0.6) is 0 Å². The van der Waals surface area contributed by atoms with Gasteiger partial charge in [0.2, 0.25) is 0 Å². The van der Waals surface area contributed by atoms with Crippen LogP contribution in [0.1, 0.15) is 17.2 Å². The first-order chi connectivity index (χ1) is 10.1. The molecule has 1 N–H and O–H groups in total. The first-order valence-corrected chi connectivity index (χ1v) is 7.31. The van der Waals surface area contributed by atoms with Crippen LogP contribution in [-0.4, -0.2) is 25.5 Å². The van der Waals surface area contributed by atoms with Crippen molar-refractivity contribution in [2.45, 2.75) is 12.6 Å². The third-order valence-corrected chi connectivity index (χ3v) is 3.77. The summed E-state index contributed by atoms with van der Waals surface area (Å²) in [5, 5.41) is 3.54. The standard InChI is InChI=1S/C17H20ClFN2/c1-21(2)17(14-6-4-3-5-7-14)12-20-11-13-8-9-15(18)16(19)10-13/h3-10,17,20H,11-12H2,1-2H3. The molecule has 0 aliphatic rings. The van der Waals surface area contributed by atoms with Crippen LogP contribution in [0.15, 0.2) is 48.5 Å². The van der Waals surface area contributed by atoms with E-state index in [1.807, 2.05) is 24.3 Å². The smallest absolute Gasteiger partial charge is 0.142 e. The lowest BCUT2D eigenvalue weighted by atomic mass is 10.1. The molecule has 1 atom stereocenters. The van der Waals surface area contributed by atoms with Gasteiger partial charge in [-0.2, -0.15) is 0 Å². The van der Waals surface area contributed by atoms with Gasteiger partial charge < -0.3 is 10.2 Å². The zero-order valence-corrected chi connectivity index (χ0v) is 13.1. The van der Waals surface area contributed by atoms with E-state index in [0.717, 1.165) is 12.1 Å². The van der Waals surface area contributed by atoms with Gasteiger partial charge in [-0.15, -0.1) is 0 Å². The van der Waals surface area contributed by atoms with Gasteiger partial charge in [0, 0.05) is 19.1 Å². The van der Waals surface area contributed by atoms with Crippen molar-refractivity contribution in [3.8, 4) is 0 Å². The van der Waals surface area contributed by atoms with E-state index < -0.39 is 0 Å². The monoisotopic (exact) mass is 306 g/mol. The molecule has 2 aromatic rings. The van der Waals surface area contributed by atoms with Crippen molar-refractivity contribution < 1.29 is 4.39 Å². The quantitative estimate of drug-likeness (QED) is 0.871. The van der Waals surface area contributed by atoms with E-state index in [9.17, 15) is 4.39 Å². The summed E-state index contributed by atoms with van der Waals surface area (Å²) in [6.45, 7) is 1.41. The maximum atomic E-state index is 13.4. The molecule has 0 spiro atoms. The SMILES string of the molecule is CN(C)C(CNCc1ccc(Cl)c(F)c1)c1ccccc1. The number of likely N-dealkylation sites (N-methyl/N-ethyl adjacent to an activating group) is 1. The molecular formula is C17H20ClFN2. The highest BCUT2D eigenvalue weighted by Gasteiger charge is 2.13. The Morgan fingerprint density at radius 3 is 2.48 bits per heavy atom. The Kier molecular flexibility index (Phi) is 5.74. The van der Waals surface area contributed by atoms with Crippen LogP contribution >= 0.6 is 11.6 Å². The molecule has 0 fully saturated rings. The Balaban J connectivity index is 1.95. The maximum absolute atomic E-state index is 13.4. The molecule has 2 rings (SSSR count). The second kappa shape index (κ2) is 7.55. The summed E-state index contributed by atoms with van der Waals surface area (Å²) < 4.78 is 13.4. The van der Waals surface area contributed by atoms with E-state index in [2.05, 4.69) is 36.4 Å². The Labute approximate surface area is 130 Å². The molecule has 2 nitrogen and oxygen atoms in total. The van der Waals surface area contributed by atoms with Gasteiger partial charge in [-0.05, 0) is 37.4 Å². The fourth-order valence-corrected chi connectivity index (χ4v) is 2.39. The number of nitrogens with zero attached hydrogens (tertiary/aromatic N) is 1. The molecule has 0 amide bonds. The molecular weight excluding hydrogens is 287 g/mol. The zero-order valence-electron chi connectivity index (χ0n) is 12.3. The average molecular weight is 307 g/mol. The molecule has 0 bridgehead atoms. The van der Waals surface area contributed by atoms with Crippen LogP contribution in [0.3, 0.4) is 0 Å². The van der Waals surface area contributed by atoms with Crippen molar-refractivity contribution in [1.82, 2.24) is 10.2 Å². The minimum atomic E-state index is -0.372. The van der Waals surface area contributed by atoms with E-state index in [0.29, 0.717) is 6.54 Å². The molecule has 4 heteroatoms. The predicted octanol–water partition coefficient (Wildman–Crippen LogP) is 3.87. The Morgan fingerprint density at radius 1 is 1.14 bits per heavy atom. The van der Waals surface area contributed by atoms with Gasteiger partial charge in [-0.1, -0.05) is 48.0 Å². The molecule has 2 aromatic carbocycles. The lowest BCUT2D eigenvalue weighted by molar-refractivity contribution is 0.288. The van der Waals surface area contributed by atoms with Crippen LogP contribution in [0.25, 0.3) is 0 Å². The number of hydrogen-bond acceptors (Lipinski definition) is 2. The lowest BCUT2D eigenvalue weighted by Gasteiger charge is -2.25. The summed E-state index contributed by atoms with van der Waals surface area (Å²) in [6.07, 6.45) is 0. The average Bonchev–Trinajstić information content (AvgIpc) is 2.48. The summed E-state index contributed by atoms with van der Waals surface area (Å²) >= 11 is 5.68. The molecule has 0 heterocycles. The molecule has 1 unspecified atom stereocenters. The fourth-order valence-electron chi connectivity index (χ4n) is 2.28. The second-order valence-electron chi connectivity index (χ2n) is 5.27. The second-order valence-corrected chi connectivity index (χ2v) is 5.68. The summed E-state index contributed by atoms with van der Waals surface area (Å²) in [4.78, 5) is 2.17. The molecule has 0 aliphatic heterocycles. The topological polar surface area (TPSA) is 15.3 Å². The molecule has 0 saturated heterocycles. The third-order valence-electron chi connectivity index (χ3n) is 3.46. The highest BCUT2D eigenvalue weighted by molar-refractivity contribution is 6.30. The zero-order chi connectivity index (χ0) is 15.2. The summed E-state index contributed by atoms with van der Waals surface area (Å²) in [5.74, 6) is -0.372. The van der Waals surface area contributed by atoms with Crippen LogP contribution in [-0.2, 0) is 6.54 Å². The van der Waals surface area contributed by atoms with Gasteiger partial charge in [-0.25, -0.2) is 4.39 Å². The van der Waals surface area contributed by atoms with E-state index in [4.69, 9.17) is 11.6 Å². The number of hydrogen-bond donors (Lipinski definition) is 1. The lowest BCUT2D eigenvalue weighted by Crippen LogP contribution is -2.30. The minimum Gasteiger partial charge on any atom is -0.311 e.